The Kier molecular flexibility index (Phi) is 7.10. The molecule has 0 unspecified atom stereocenters. The van der Waals surface area contributed by atoms with Crippen molar-refractivity contribution in [2.24, 2.45) is 5.84 Å². The van der Waals surface area contributed by atoms with Crippen LogP contribution in [0.1, 0.15) is 51.3 Å². The van der Waals surface area contributed by atoms with E-state index in [1.807, 2.05) is 13.0 Å². The maximum absolute atomic E-state index is 5.34. The molecule has 0 aromatic carbocycles. The number of hydrazine groups is 1. The van der Waals surface area contributed by atoms with Gasteiger partial charge in [-0.3, -0.25) is 0 Å². The second-order valence-corrected chi connectivity index (χ2v) is 4.52. The molecule has 0 saturated carbocycles. The topological polar surface area (TPSA) is 75.9 Å². The number of hydrogen-bond donors (Lipinski definition) is 3. The Balaban J connectivity index is 2.20. The standard InChI is InChI=1S/C13H25N5/c1-3-4-5-6-7-8-9-15-12-10-13(18-14)17-11(2)16-12/h10H,3-9,14H2,1-2H3,(H2,15,16,17,18). The van der Waals surface area contributed by atoms with Gasteiger partial charge in [-0.2, -0.15) is 0 Å². The minimum absolute atomic E-state index is 0.646. The van der Waals surface area contributed by atoms with Crippen LogP contribution >= 0.6 is 0 Å². The molecule has 0 spiro atoms. The predicted octanol–water partition coefficient (Wildman–Crippen LogP) is 2.84. The van der Waals surface area contributed by atoms with Crippen LogP contribution in [0.15, 0.2) is 6.07 Å². The monoisotopic (exact) mass is 251 g/mol. The molecule has 0 fully saturated rings. The number of unbranched alkanes of at least 4 members (excludes halogenated alkanes) is 5. The third-order valence-electron chi connectivity index (χ3n) is 2.82. The zero-order valence-electron chi connectivity index (χ0n) is 11.5. The van der Waals surface area contributed by atoms with E-state index in [4.69, 9.17) is 5.84 Å². The molecule has 5 heteroatoms. The van der Waals surface area contributed by atoms with Crippen LogP contribution in [0.5, 0.6) is 0 Å². The normalized spacial score (nSPS) is 10.4. The molecule has 4 N–H and O–H groups in total. The van der Waals surface area contributed by atoms with Gasteiger partial charge < -0.3 is 10.7 Å². The molecule has 0 aliphatic rings. The molecule has 1 heterocycles. The van der Waals surface area contributed by atoms with Crippen molar-refractivity contribution >= 4 is 11.6 Å². The van der Waals surface area contributed by atoms with Crippen molar-refractivity contribution in [3.05, 3.63) is 11.9 Å². The Morgan fingerprint density at radius 2 is 1.72 bits per heavy atom. The summed E-state index contributed by atoms with van der Waals surface area (Å²) in [6.45, 7) is 5.05. The molecule has 1 rings (SSSR count). The summed E-state index contributed by atoms with van der Waals surface area (Å²) in [6.07, 6.45) is 7.78. The number of nitrogens with zero attached hydrogens (tertiary/aromatic N) is 2. The zero-order valence-corrected chi connectivity index (χ0v) is 11.5. The summed E-state index contributed by atoms with van der Waals surface area (Å²) in [6, 6.07) is 1.82. The first-order valence-corrected chi connectivity index (χ1v) is 6.82. The molecule has 0 atom stereocenters. The molecule has 18 heavy (non-hydrogen) atoms. The molecule has 0 aliphatic heterocycles. The zero-order chi connectivity index (χ0) is 13.2. The number of aryl methyl sites for hydroxylation is 1. The highest BCUT2D eigenvalue weighted by Crippen LogP contribution is 2.10. The van der Waals surface area contributed by atoms with E-state index in [0.717, 1.165) is 18.2 Å². The first kappa shape index (κ1) is 14.7. The number of rotatable bonds is 9. The van der Waals surface area contributed by atoms with Gasteiger partial charge in [-0.15, -0.1) is 0 Å². The van der Waals surface area contributed by atoms with Crippen LogP contribution in [0.2, 0.25) is 0 Å². The SMILES string of the molecule is CCCCCCCCNc1cc(NN)nc(C)n1. The van der Waals surface area contributed by atoms with Crippen LogP contribution in [-0.2, 0) is 0 Å². The molecule has 0 amide bonds. The molecule has 1 aromatic heterocycles. The second-order valence-electron chi connectivity index (χ2n) is 4.52. The van der Waals surface area contributed by atoms with Crippen LogP contribution in [0.3, 0.4) is 0 Å². The minimum Gasteiger partial charge on any atom is -0.370 e. The maximum atomic E-state index is 5.34. The van der Waals surface area contributed by atoms with Crippen LogP contribution < -0.4 is 16.6 Å². The van der Waals surface area contributed by atoms with Crippen LogP contribution in [0.25, 0.3) is 0 Å². The van der Waals surface area contributed by atoms with E-state index < -0.39 is 0 Å². The van der Waals surface area contributed by atoms with Gasteiger partial charge in [-0.25, -0.2) is 15.8 Å². The van der Waals surface area contributed by atoms with Crippen LogP contribution in [-0.4, -0.2) is 16.5 Å². The van der Waals surface area contributed by atoms with Crippen molar-refractivity contribution in [2.75, 3.05) is 17.3 Å². The Labute approximate surface area is 110 Å². The highest BCUT2D eigenvalue weighted by Gasteiger charge is 1.99. The number of anilines is 2. The van der Waals surface area contributed by atoms with E-state index in [-0.39, 0.29) is 0 Å². The minimum atomic E-state index is 0.646. The van der Waals surface area contributed by atoms with E-state index in [2.05, 4.69) is 27.6 Å². The van der Waals surface area contributed by atoms with Crippen molar-refractivity contribution in [3.8, 4) is 0 Å². The fraction of sp³-hybridized carbons (Fsp3) is 0.692. The summed E-state index contributed by atoms with van der Waals surface area (Å²) >= 11 is 0. The molecule has 102 valence electrons. The van der Waals surface area contributed by atoms with Gasteiger partial charge >= 0.3 is 0 Å². The molecule has 0 bridgehead atoms. The molecular formula is C13H25N5. The fourth-order valence-corrected chi connectivity index (χ4v) is 1.85. The molecule has 0 saturated heterocycles. The van der Waals surface area contributed by atoms with Gasteiger partial charge in [0.05, 0.1) is 0 Å². The summed E-state index contributed by atoms with van der Waals surface area (Å²) in [4.78, 5) is 8.45. The van der Waals surface area contributed by atoms with Crippen LogP contribution in [0.4, 0.5) is 11.6 Å². The average Bonchev–Trinajstić information content (AvgIpc) is 2.37. The van der Waals surface area contributed by atoms with E-state index in [1.54, 1.807) is 0 Å². The van der Waals surface area contributed by atoms with Crippen molar-refractivity contribution in [1.29, 1.82) is 0 Å². The van der Waals surface area contributed by atoms with E-state index >= 15 is 0 Å². The predicted molar refractivity (Wildman–Crippen MR) is 76.4 cm³/mol. The molecule has 0 radical (unpaired) electrons. The third kappa shape index (κ3) is 5.82. The lowest BCUT2D eigenvalue weighted by Gasteiger charge is -2.08. The van der Waals surface area contributed by atoms with Crippen LogP contribution in [0, 0.1) is 6.92 Å². The molecule has 0 aliphatic carbocycles. The lowest BCUT2D eigenvalue weighted by molar-refractivity contribution is 0.616. The highest BCUT2D eigenvalue weighted by molar-refractivity contribution is 5.46. The first-order valence-electron chi connectivity index (χ1n) is 6.82. The van der Waals surface area contributed by atoms with Gasteiger partial charge in [0.1, 0.15) is 17.5 Å². The van der Waals surface area contributed by atoms with E-state index in [0.29, 0.717) is 5.82 Å². The van der Waals surface area contributed by atoms with Gasteiger partial charge in [0.25, 0.3) is 0 Å². The smallest absolute Gasteiger partial charge is 0.145 e. The summed E-state index contributed by atoms with van der Waals surface area (Å²) in [7, 11) is 0. The van der Waals surface area contributed by atoms with E-state index in [9.17, 15) is 0 Å². The number of nitrogens with one attached hydrogen (secondary N) is 2. The summed E-state index contributed by atoms with van der Waals surface area (Å²) in [5, 5.41) is 3.30. The second kappa shape index (κ2) is 8.69. The summed E-state index contributed by atoms with van der Waals surface area (Å²) in [5.41, 5.74) is 2.54. The fourth-order valence-electron chi connectivity index (χ4n) is 1.85. The number of nitrogen functional groups attached to an aromatic ring is 1. The number of hydrogen-bond acceptors (Lipinski definition) is 5. The van der Waals surface area contributed by atoms with Crippen molar-refractivity contribution in [3.63, 3.8) is 0 Å². The molecular weight excluding hydrogens is 226 g/mol. The van der Waals surface area contributed by atoms with Gasteiger partial charge in [-0.05, 0) is 13.3 Å². The molecule has 1 aromatic rings. The lowest BCUT2D eigenvalue weighted by Crippen LogP contribution is -2.11. The van der Waals surface area contributed by atoms with Crippen molar-refractivity contribution < 1.29 is 0 Å². The summed E-state index contributed by atoms with van der Waals surface area (Å²) < 4.78 is 0. The van der Waals surface area contributed by atoms with Crippen molar-refractivity contribution in [1.82, 2.24) is 9.97 Å². The quantitative estimate of drug-likeness (QED) is 0.357. The van der Waals surface area contributed by atoms with Gasteiger partial charge in [0.15, 0.2) is 0 Å². The Morgan fingerprint density at radius 3 is 2.44 bits per heavy atom. The largest absolute Gasteiger partial charge is 0.370 e. The first-order chi connectivity index (χ1) is 8.76. The summed E-state index contributed by atoms with van der Waals surface area (Å²) in [5.74, 6) is 7.54. The Morgan fingerprint density at radius 1 is 1.06 bits per heavy atom. The number of nitrogens with two attached hydrogens (primary N) is 1. The molecule has 5 nitrogen and oxygen atoms in total. The Bertz CT molecular complexity index is 340. The van der Waals surface area contributed by atoms with Gasteiger partial charge in [0.2, 0.25) is 0 Å². The van der Waals surface area contributed by atoms with Gasteiger partial charge in [0, 0.05) is 12.6 Å². The average molecular weight is 251 g/mol. The maximum Gasteiger partial charge on any atom is 0.145 e. The Hall–Kier alpha value is -1.36. The highest BCUT2D eigenvalue weighted by atomic mass is 15.3. The number of aromatic nitrogens is 2. The lowest BCUT2D eigenvalue weighted by atomic mass is 10.1. The third-order valence-corrected chi connectivity index (χ3v) is 2.82. The van der Waals surface area contributed by atoms with E-state index in [1.165, 1.54) is 38.5 Å². The van der Waals surface area contributed by atoms with Crippen molar-refractivity contribution in [2.45, 2.75) is 52.4 Å². The van der Waals surface area contributed by atoms with Gasteiger partial charge in [-0.1, -0.05) is 39.0 Å².